The number of carbonyl (C=O) groups is 1. The number of aromatic nitrogens is 1. The van der Waals surface area contributed by atoms with Crippen molar-refractivity contribution in [2.45, 2.75) is 64.5 Å². The first-order valence-corrected chi connectivity index (χ1v) is 8.20. The standard InChI is InChI=1S/C15H25N3OS/c1-10-7-11(5-6-16-10)17-13(19)8-12-9-20-14(18-12)15(2,3)4/h9-11,16H,5-8H2,1-4H3,(H,17,19). The Morgan fingerprint density at radius 3 is 2.90 bits per heavy atom. The quantitative estimate of drug-likeness (QED) is 0.899. The Morgan fingerprint density at radius 1 is 1.55 bits per heavy atom. The zero-order valence-corrected chi connectivity index (χ0v) is 13.6. The van der Waals surface area contributed by atoms with Gasteiger partial charge in [0.05, 0.1) is 17.1 Å². The number of carbonyl (C=O) groups excluding carboxylic acids is 1. The molecule has 2 N–H and O–H groups in total. The molecule has 0 spiro atoms. The molecule has 2 unspecified atom stereocenters. The van der Waals surface area contributed by atoms with Crippen LogP contribution in [0.3, 0.4) is 0 Å². The van der Waals surface area contributed by atoms with Crippen LogP contribution in [0.4, 0.5) is 0 Å². The Bertz CT molecular complexity index is 464. The van der Waals surface area contributed by atoms with Gasteiger partial charge in [0.15, 0.2) is 0 Å². The van der Waals surface area contributed by atoms with Crippen LogP contribution in [0.25, 0.3) is 0 Å². The predicted molar refractivity (Wildman–Crippen MR) is 83.1 cm³/mol. The van der Waals surface area contributed by atoms with Gasteiger partial charge in [-0.1, -0.05) is 20.8 Å². The monoisotopic (exact) mass is 295 g/mol. The van der Waals surface area contributed by atoms with E-state index < -0.39 is 0 Å². The van der Waals surface area contributed by atoms with E-state index >= 15 is 0 Å². The van der Waals surface area contributed by atoms with Gasteiger partial charge >= 0.3 is 0 Å². The molecule has 1 aromatic heterocycles. The molecule has 0 radical (unpaired) electrons. The molecule has 1 aliphatic heterocycles. The molecule has 20 heavy (non-hydrogen) atoms. The molecule has 1 aliphatic rings. The lowest BCUT2D eigenvalue weighted by Crippen LogP contribution is -2.47. The summed E-state index contributed by atoms with van der Waals surface area (Å²) in [6.07, 6.45) is 2.42. The SMILES string of the molecule is CC1CC(NC(=O)Cc2csc(C(C)(C)C)n2)CCN1. The number of thiazole rings is 1. The van der Waals surface area contributed by atoms with E-state index in [1.165, 1.54) is 0 Å². The minimum absolute atomic E-state index is 0.0594. The van der Waals surface area contributed by atoms with Crippen LogP contribution in [0.1, 0.15) is 51.2 Å². The molecule has 2 heterocycles. The third-order valence-corrected chi connectivity index (χ3v) is 4.84. The van der Waals surface area contributed by atoms with Crippen LogP contribution in [-0.4, -0.2) is 29.5 Å². The zero-order chi connectivity index (χ0) is 14.8. The van der Waals surface area contributed by atoms with Crippen molar-refractivity contribution >= 4 is 17.2 Å². The third-order valence-electron chi connectivity index (χ3n) is 3.52. The van der Waals surface area contributed by atoms with Crippen LogP contribution in [-0.2, 0) is 16.6 Å². The highest BCUT2D eigenvalue weighted by Crippen LogP contribution is 2.25. The first-order chi connectivity index (χ1) is 9.34. The number of piperidine rings is 1. The second kappa shape index (κ2) is 6.22. The molecular formula is C15H25N3OS. The second-order valence-corrected chi connectivity index (χ2v) is 7.57. The highest BCUT2D eigenvalue weighted by atomic mass is 32.1. The van der Waals surface area contributed by atoms with Crippen molar-refractivity contribution in [1.82, 2.24) is 15.6 Å². The molecule has 1 saturated heterocycles. The van der Waals surface area contributed by atoms with Gasteiger partial charge in [-0.15, -0.1) is 11.3 Å². The normalized spacial score (nSPS) is 23.6. The van der Waals surface area contributed by atoms with Crippen molar-refractivity contribution in [3.63, 3.8) is 0 Å². The molecule has 5 heteroatoms. The molecule has 4 nitrogen and oxygen atoms in total. The van der Waals surface area contributed by atoms with Crippen LogP contribution < -0.4 is 10.6 Å². The Hall–Kier alpha value is -0.940. The average molecular weight is 295 g/mol. The van der Waals surface area contributed by atoms with Crippen molar-refractivity contribution < 1.29 is 4.79 Å². The Labute approximate surface area is 125 Å². The van der Waals surface area contributed by atoms with E-state index in [1.54, 1.807) is 11.3 Å². The van der Waals surface area contributed by atoms with Crippen molar-refractivity contribution in [2.75, 3.05) is 6.54 Å². The molecule has 2 atom stereocenters. The number of amides is 1. The molecule has 0 aromatic carbocycles. The Morgan fingerprint density at radius 2 is 2.30 bits per heavy atom. The van der Waals surface area contributed by atoms with Crippen molar-refractivity contribution in [3.05, 3.63) is 16.1 Å². The summed E-state index contributed by atoms with van der Waals surface area (Å²) in [7, 11) is 0. The zero-order valence-electron chi connectivity index (χ0n) is 12.8. The molecule has 2 rings (SSSR count). The van der Waals surface area contributed by atoms with Gasteiger partial charge in [-0.25, -0.2) is 4.98 Å². The van der Waals surface area contributed by atoms with Crippen molar-refractivity contribution in [2.24, 2.45) is 0 Å². The maximum atomic E-state index is 12.1. The molecule has 1 aromatic rings. The smallest absolute Gasteiger partial charge is 0.226 e. The minimum atomic E-state index is 0.0594. The van der Waals surface area contributed by atoms with E-state index in [0.717, 1.165) is 30.1 Å². The predicted octanol–water partition coefficient (Wildman–Crippen LogP) is 2.24. The van der Waals surface area contributed by atoms with E-state index in [4.69, 9.17) is 0 Å². The van der Waals surface area contributed by atoms with Crippen LogP contribution in [0.2, 0.25) is 0 Å². The summed E-state index contributed by atoms with van der Waals surface area (Å²) in [5.41, 5.74) is 0.948. The summed E-state index contributed by atoms with van der Waals surface area (Å²) in [6.45, 7) is 9.58. The van der Waals surface area contributed by atoms with E-state index in [-0.39, 0.29) is 11.3 Å². The van der Waals surface area contributed by atoms with Crippen LogP contribution in [0.15, 0.2) is 5.38 Å². The Balaban J connectivity index is 1.86. The summed E-state index contributed by atoms with van der Waals surface area (Å²) in [6, 6.07) is 0.792. The van der Waals surface area contributed by atoms with Crippen LogP contribution in [0.5, 0.6) is 0 Å². The third kappa shape index (κ3) is 4.28. The maximum Gasteiger partial charge on any atom is 0.226 e. The first kappa shape index (κ1) is 15.4. The summed E-state index contributed by atoms with van der Waals surface area (Å²) in [4.78, 5) is 16.7. The topological polar surface area (TPSA) is 54.0 Å². The highest BCUT2D eigenvalue weighted by molar-refractivity contribution is 7.09. The number of hydrogen-bond acceptors (Lipinski definition) is 4. The number of nitrogens with zero attached hydrogens (tertiary/aromatic N) is 1. The largest absolute Gasteiger partial charge is 0.353 e. The van der Waals surface area contributed by atoms with E-state index in [9.17, 15) is 4.79 Å². The molecule has 0 bridgehead atoms. The number of rotatable bonds is 3. The van der Waals surface area contributed by atoms with Crippen LogP contribution in [0, 0.1) is 0 Å². The fourth-order valence-corrected chi connectivity index (χ4v) is 3.35. The van der Waals surface area contributed by atoms with Gasteiger partial charge in [0.2, 0.25) is 5.91 Å². The summed E-state index contributed by atoms with van der Waals surface area (Å²) in [5, 5.41) is 9.62. The minimum Gasteiger partial charge on any atom is -0.353 e. The van der Waals surface area contributed by atoms with Crippen LogP contribution >= 0.6 is 11.3 Å². The van der Waals surface area contributed by atoms with Crippen molar-refractivity contribution in [3.8, 4) is 0 Å². The fourth-order valence-electron chi connectivity index (χ4n) is 2.44. The first-order valence-electron chi connectivity index (χ1n) is 7.32. The Kier molecular flexibility index (Phi) is 4.81. The molecule has 112 valence electrons. The average Bonchev–Trinajstić information content (AvgIpc) is 2.76. The van der Waals surface area contributed by atoms with Gasteiger partial charge in [0.25, 0.3) is 0 Å². The van der Waals surface area contributed by atoms with Gasteiger partial charge in [0, 0.05) is 22.9 Å². The molecular weight excluding hydrogens is 270 g/mol. The fraction of sp³-hybridized carbons (Fsp3) is 0.733. The highest BCUT2D eigenvalue weighted by Gasteiger charge is 2.21. The van der Waals surface area contributed by atoms with E-state index in [2.05, 4.69) is 43.3 Å². The molecule has 1 amide bonds. The summed E-state index contributed by atoms with van der Waals surface area (Å²) < 4.78 is 0. The number of nitrogens with one attached hydrogen (secondary N) is 2. The summed E-state index contributed by atoms with van der Waals surface area (Å²) in [5.74, 6) is 0.0925. The maximum absolute atomic E-state index is 12.1. The van der Waals surface area contributed by atoms with Gasteiger partial charge in [-0.05, 0) is 26.3 Å². The molecule has 0 aliphatic carbocycles. The molecule has 1 fully saturated rings. The van der Waals surface area contributed by atoms with E-state index in [0.29, 0.717) is 18.5 Å². The summed E-state index contributed by atoms with van der Waals surface area (Å²) >= 11 is 1.64. The second-order valence-electron chi connectivity index (χ2n) is 6.71. The number of hydrogen-bond donors (Lipinski definition) is 2. The lowest BCUT2D eigenvalue weighted by Gasteiger charge is -2.28. The van der Waals surface area contributed by atoms with E-state index in [1.807, 2.05) is 5.38 Å². The lowest BCUT2D eigenvalue weighted by molar-refractivity contribution is -0.121. The van der Waals surface area contributed by atoms with Gasteiger partial charge < -0.3 is 10.6 Å². The van der Waals surface area contributed by atoms with Gasteiger partial charge in [-0.2, -0.15) is 0 Å². The molecule has 0 saturated carbocycles. The van der Waals surface area contributed by atoms with Gasteiger partial charge in [-0.3, -0.25) is 4.79 Å². The van der Waals surface area contributed by atoms with Gasteiger partial charge in [0.1, 0.15) is 0 Å². The lowest BCUT2D eigenvalue weighted by atomic mass is 9.98. The van der Waals surface area contributed by atoms with Crippen molar-refractivity contribution in [1.29, 1.82) is 0 Å².